The molecule has 3 aliphatic rings. The molecule has 1 N–H and O–H groups in total. The Morgan fingerprint density at radius 3 is 2.95 bits per heavy atom. The van der Waals surface area contributed by atoms with E-state index < -0.39 is 0 Å². The highest BCUT2D eigenvalue weighted by Gasteiger charge is 2.30. The summed E-state index contributed by atoms with van der Waals surface area (Å²) in [6.07, 6.45) is 9.17. The summed E-state index contributed by atoms with van der Waals surface area (Å²) in [5.74, 6) is 0.794. The van der Waals surface area contributed by atoms with E-state index in [0.717, 1.165) is 32.1 Å². The second-order valence-electron chi connectivity index (χ2n) is 6.72. The van der Waals surface area contributed by atoms with Gasteiger partial charge in [-0.1, -0.05) is 19.3 Å². The van der Waals surface area contributed by atoms with Crippen molar-refractivity contribution >= 4 is 16.5 Å². The van der Waals surface area contributed by atoms with E-state index in [9.17, 15) is 0 Å². The average Bonchev–Trinajstić information content (AvgIpc) is 3.05. The molecule has 0 spiro atoms. The predicted octanol–water partition coefficient (Wildman–Crippen LogP) is 2.28. The first-order valence-electron chi connectivity index (χ1n) is 8.55. The van der Waals surface area contributed by atoms with Crippen LogP contribution in [-0.2, 0) is 0 Å². The minimum atomic E-state index is 0.675. The first-order chi connectivity index (χ1) is 10.4. The topological polar surface area (TPSA) is 31.4 Å². The molecule has 2 saturated heterocycles. The maximum Gasteiger partial charge on any atom is 0.185 e. The zero-order valence-corrected chi connectivity index (χ0v) is 13.6. The molecule has 3 heterocycles. The molecule has 0 amide bonds. The molecule has 3 fully saturated rings. The van der Waals surface area contributed by atoms with Crippen LogP contribution < -0.4 is 10.2 Å². The average molecular weight is 306 g/mol. The monoisotopic (exact) mass is 306 g/mol. The molecule has 5 heteroatoms. The lowest BCUT2D eigenvalue weighted by atomic mass is 9.89. The van der Waals surface area contributed by atoms with Gasteiger partial charge in [0.1, 0.15) is 0 Å². The number of piperazine rings is 2. The normalized spacial score (nSPS) is 28.6. The number of nitrogens with one attached hydrogen (secondary N) is 1. The van der Waals surface area contributed by atoms with E-state index in [0.29, 0.717) is 6.04 Å². The lowest BCUT2D eigenvalue weighted by Gasteiger charge is -2.44. The van der Waals surface area contributed by atoms with Crippen LogP contribution in [0.5, 0.6) is 0 Å². The Morgan fingerprint density at radius 2 is 2.05 bits per heavy atom. The van der Waals surface area contributed by atoms with Gasteiger partial charge in [0.15, 0.2) is 5.13 Å². The van der Waals surface area contributed by atoms with E-state index in [1.807, 2.05) is 11.3 Å². The van der Waals surface area contributed by atoms with Crippen molar-refractivity contribution in [3.63, 3.8) is 0 Å². The Bertz CT molecular complexity index is 469. The van der Waals surface area contributed by atoms with Crippen LogP contribution in [0.25, 0.3) is 0 Å². The van der Waals surface area contributed by atoms with Gasteiger partial charge < -0.3 is 10.2 Å². The summed E-state index contributed by atoms with van der Waals surface area (Å²) in [6, 6.07) is 0.675. The predicted molar refractivity (Wildman–Crippen MR) is 88.4 cm³/mol. The van der Waals surface area contributed by atoms with Gasteiger partial charge in [0, 0.05) is 56.4 Å². The van der Waals surface area contributed by atoms with Gasteiger partial charge in [-0.3, -0.25) is 4.90 Å². The van der Waals surface area contributed by atoms with Gasteiger partial charge in [0.05, 0.1) is 0 Å². The van der Waals surface area contributed by atoms with Crippen LogP contribution in [0.15, 0.2) is 6.20 Å². The molecule has 21 heavy (non-hydrogen) atoms. The third-order valence-corrected chi connectivity index (χ3v) is 6.57. The van der Waals surface area contributed by atoms with Crippen molar-refractivity contribution < 1.29 is 0 Å². The molecule has 4 nitrogen and oxygen atoms in total. The third-order valence-electron chi connectivity index (χ3n) is 5.35. The number of fused-ring (bicyclic) bond motifs is 1. The van der Waals surface area contributed by atoms with E-state index >= 15 is 0 Å². The van der Waals surface area contributed by atoms with Crippen LogP contribution in [0, 0.1) is 0 Å². The molecule has 0 bridgehead atoms. The van der Waals surface area contributed by atoms with Crippen molar-refractivity contribution in [2.75, 3.05) is 44.2 Å². The van der Waals surface area contributed by atoms with Crippen LogP contribution in [-0.4, -0.2) is 55.2 Å². The van der Waals surface area contributed by atoms with E-state index in [2.05, 4.69) is 21.3 Å². The molecule has 1 aliphatic carbocycles. The van der Waals surface area contributed by atoms with Crippen molar-refractivity contribution in [2.45, 2.75) is 44.1 Å². The molecular formula is C16H26N4S. The van der Waals surface area contributed by atoms with Crippen LogP contribution in [0.3, 0.4) is 0 Å². The maximum atomic E-state index is 4.76. The van der Waals surface area contributed by atoms with Gasteiger partial charge >= 0.3 is 0 Å². The van der Waals surface area contributed by atoms with E-state index in [1.54, 1.807) is 0 Å². The minimum Gasteiger partial charge on any atom is -0.345 e. The highest BCUT2D eigenvalue weighted by molar-refractivity contribution is 7.15. The summed E-state index contributed by atoms with van der Waals surface area (Å²) in [4.78, 5) is 11.5. The third kappa shape index (κ3) is 2.96. The van der Waals surface area contributed by atoms with Gasteiger partial charge in [-0.15, -0.1) is 11.3 Å². The van der Waals surface area contributed by atoms with Gasteiger partial charge in [0.2, 0.25) is 0 Å². The molecule has 1 aromatic heterocycles. The van der Waals surface area contributed by atoms with Gasteiger partial charge in [-0.25, -0.2) is 4.98 Å². The Hall–Kier alpha value is -0.650. The van der Waals surface area contributed by atoms with E-state index in [-0.39, 0.29) is 0 Å². The molecule has 1 saturated carbocycles. The smallest absolute Gasteiger partial charge is 0.185 e. The lowest BCUT2D eigenvalue weighted by Crippen LogP contribution is -2.61. The second kappa shape index (κ2) is 6.23. The number of aromatic nitrogens is 1. The van der Waals surface area contributed by atoms with Crippen molar-refractivity contribution in [3.8, 4) is 0 Å². The first kappa shape index (κ1) is 14.0. The Balaban J connectivity index is 1.43. The highest BCUT2D eigenvalue weighted by Crippen LogP contribution is 2.37. The molecule has 1 aromatic rings. The van der Waals surface area contributed by atoms with Crippen molar-refractivity contribution in [2.24, 2.45) is 0 Å². The number of anilines is 1. The number of rotatable bonds is 2. The molecule has 2 aliphatic heterocycles. The fourth-order valence-corrected chi connectivity index (χ4v) is 5.16. The zero-order chi connectivity index (χ0) is 14.1. The van der Waals surface area contributed by atoms with E-state index in [1.165, 1.54) is 55.2 Å². The second-order valence-corrected chi connectivity index (χ2v) is 7.76. The number of thiazole rings is 1. The number of nitrogens with zero attached hydrogens (tertiary/aromatic N) is 3. The van der Waals surface area contributed by atoms with Crippen molar-refractivity contribution in [3.05, 3.63) is 11.1 Å². The first-order valence-corrected chi connectivity index (χ1v) is 9.37. The summed E-state index contributed by atoms with van der Waals surface area (Å²) >= 11 is 1.96. The minimum absolute atomic E-state index is 0.675. The Morgan fingerprint density at radius 1 is 1.14 bits per heavy atom. The highest BCUT2D eigenvalue weighted by atomic mass is 32.1. The van der Waals surface area contributed by atoms with Crippen LogP contribution in [0.4, 0.5) is 5.13 Å². The number of hydrogen-bond acceptors (Lipinski definition) is 5. The summed E-state index contributed by atoms with van der Waals surface area (Å²) in [6.45, 7) is 6.99. The van der Waals surface area contributed by atoms with Crippen LogP contribution in [0.2, 0.25) is 0 Å². The molecule has 1 atom stereocenters. The van der Waals surface area contributed by atoms with Gasteiger partial charge in [-0.05, 0) is 18.8 Å². The van der Waals surface area contributed by atoms with Crippen LogP contribution >= 0.6 is 11.3 Å². The number of hydrogen-bond donors (Lipinski definition) is 1. The largest absolute Gasteiger partial charge is 0.345 e. The maximum absolute atomic E-state index is 4.76. The Kier molecular flexibility index (Phi) is 4.14. The molecular weight excluding hydrogens is 280 g/mol. The summed E-state index contributed by atoms with van der Waals surface area (Å²) in [7, 11) is 0. The summed E-state index contributed by atoms with van der Waals surface area (Å²) < 4.78 is 0. The van der Waals surface area contributed by atoms with Crippen molar-refractivity contribution in [1.82, 2.24) is 15.2 Å². The fraction of sp³-hybridized carbons (Fsp3) is 0.812. The van der Waals surface area contributed by atoms with E-state index in [4.69, 9.17) is 4.98 Å². The lowest BCUT2D eigenvalue weighted by molar-refractivity contribution is 0.146. The zero-order valence-electron chi connectivity index (χ0n) is 12.8. The molecule has 0 radical (unpaired) electrons. The summed E-state index contributed by atoms with van der Waals surface area (Å²) in [5, 5.41) is 4.79. The standard InChI is InChI=1S/C16H26N4S/c1-2-4-13(5-3-1)15-11-18-16(21-15)20-9-8-19-7-6-17-10-14(19)12-20/h11,13-14,17H,1-10,12H2. The molecule has 4 rings (SSSR count). The fourth-order valence-electron chi connectivity index (χ4n) is 4.04. The molecule has 1 unspecified atom stereocenters. The van der Waals surface area contributed by atoms with Gasteiger partial charge in [-0.2, -0.15) is 0 Å². The quantitative estimate of drug-likeness (QED) is 0.908. The van der Waals surface area contributed by atoms with Crippen LogP contribution in [0.1, 0.15) is 42.9 Å². The SMILES string of the molecule is c1nc(N2CCN3CCNCC3C2)sc1C1CCCCC1. The Labute approximate surface area is 131 Å². The van der Waals surface area contributed by atoms with Gasteiger partial charge in [0.25, 0.3) is 0 Å². The summed E-state index contributed by atoms with van der Waals surface area (Å²) in [5.41, 5.74) is 0. The molecule has 116 valence electrons. The van der Waals surface area contributed by atoms with Crippen molar-refractivity contribution in [1.29, 1.82) is 0 Å². The molecule has 0 aromatic carbocycles.